The Hall–Kier alpha value is -2.14. The SMILES string of the molecule is COC(=O)C(C(C)C)n1cc(-c2ccc(CO)cc2)cn1. The monoisotopic (exact) mass is 288 g/mol. The fourth-order valence-corrected chi connectivity index (χ4v) is 2.25. The molecular formula is C16H20N2O3. The lowest BCUT2D eigenvalue weighted by Gasteiger charge is -2.18. The minimum absolute atomic E-state index is 0.0251. The molecule has 5 heteroatoms. The first-order valence-electron chi connectivity index (χ1n) is 6.89. The molecule has 5 nitrogen and oxygen atoms in total. The van der Waals surface area contributed by atoms with Crippen LogP contribution in [0.15, 0.2) is 36.7 Å². The Kier molecular flexibility index (Phi) is 4.75. The fraction of sp³-hybridized carbons (Fsp3) is 0.375. The first kappa shape index (κ1) is 15.3. The Morgan fingerprint density at radius 2 is 1.95 bits per heavy atom. The van der Waals surface area contributed by atoms with Crippen LogP contribution >= 0.6 is 0 Å². The topological polar surface area (TPSA) is 64.3 Å². The van der Waals surface area contributed by atoms with Crippen LogP contribution in [0.25, 0.3) is 11.1 Å². The van der Waals surface area contributed by atoms with Gasteiger partial charge in [0.15, 0.2) is 6.04 Å². The summed E-state index contributed by atoms with van der Waals surface area (Å²) in [5.74, 6) is -0.211. The quantitative estimate of drug-likeness (QED) is 0.858. The number of esters is 1. The lowest BCUT2D eigenvalue weighted by atomic mass is 10.0. The van der Waals surface area contributed by atoms with Crippen molar-refractivity contribution < 1.29 is 14.6 Å². The number of aliphatic hydroxyl groups excluding tert-OH is 1. The molecule has 1 unspecified atom stereocenters. The maximum atomic E-state index is 11.9. The molecule has 0 aliphatic carbocycles. The van der Waals surface area contributed by atoms with Crippen molar-refractivity contribution in [3.8, 4) is 11.1 Å². The van der Waals surface area contributed by atoms with E-state index in [9.17, 15) is 4.79 Å². The van der Waals surface area contributed by atoms with Gasteiger partial charge in [0, 0.05) is 11.8 Å². The van der Waals surface area contributed by atoms with E-state index in [2.05, 4.69) is 5.10 Å². The molecule has 0 amide bonds. The van der Waals surface area contributed by atoms with E-state index in [4.69, 9.17) is 9.84 Å². The molecule has 1 heterocycles. The third kappa shape index (κ3) is 3.31. The van der Waals surface area contributed by atoms with E-state index in [0.29, 0.717) is 0 Å². The molecule has 0 bridgehead atoms. The van der Waals surface area contributed by atoms with E-state index in [-0.39, 0.29) is 18.5 Å². The Balaban J connectivity index is 2.29. The van der Waals surface area contributed by atoms with Gasteiger partial charge in [-0.3, -0.25) is 4.68 Å². The molecule has 0 saturated heterocycles. The highest BCUT2D eigenvalue weighted by Crippen LogP contribution is 2.24. The minimum atomic E-state index is -0.430. The predicted molar refractivity (Wildman–Crippen MR) is 79.5 cm³/mol. The minimum Gasteiger partial charge on any atom is -0.467 e. The van der Waals surface area contributed by atoms with Crippen LogP contribution in [0.2, 0.25) is 0 Å². The van der Waals surface area contributed by atoms with Gasteiger partial charge in [0.2, 0.25) is 0 Å². The van der Waals surface area contributed by atoms with Crippen LogP contribution in [0.1, 0.15) is 25.5 Å². The molecule has 0 fully saturated rings. The second kappa shape index (κ2) is 6.54. The summed E-state index contributed by atoms with van der Waals surface area (Å²) < 4.78 is 6.49. The summed E-state index contributed by atoms with van der Waals surface area (Å²) in [5, 5.41) is 13.3. The molecule has 0 aliphatic heterocycles. The van der Waals surface area contributed by atoms with Gasteiger partial charge in [-0.2, -0.15) is 5.10 Å². The molecule has 0 spiro atoms. The molecule has 2 rings (SSSR count). The van der Waals surface area contributed by atoms with Crippen molar-refractivity contribution in [2.24, 2.45) is 5.92 Å². The van der Waals surface area contributed by atoms with Crippen molar-refractivity contribution >= 4 is 5.97 Å². The average Bonchev–Trinajstić information content (AvgIpc) is 2.96. The van der Waals surface area contributed by atoms with Crippen molar-refractivity contribution in [1.82, 2.24) is 9.78 Å². The number of benzene rings is 1. The fourth-order valence-electron chi connectivity index (χ4n) is 2.25. The third-order valence-corrected chi connectivity index (χ3v) is 3.43. The van der Waals surface area contributed by atoms with Crippen LogP contribution in [0.3, 0.4) is 0 Å². The molecule has 0 aliphatic rings. The zero-order valence-electron chi connectivity index (χ0n) is 12.5. The molecular weight excluding hydrogens is 268 g/mol. The summed E-state index contributed by atoms with van der Waals surface area (Å²) in [4.78, 5) is 11.9. The second-order valence-electron chi connectivity index (χ2n) is 5.28. The molecule has 0 saturated carbocycles. The van der Waals surface area contributed by atoms with Gasteiger partial charge in [-0.1, -0.05) is 38.1 Å². The summed E-state index contributed by atoms with van der Waals surface area (Å²) in [6, 6.07) is 7.16. The number of carbonyl (C=O) groups is 1. The highest BCUT2D eigenvalue weighted by molar-refractivity contribution is 5.74. The van der Waals surface area contributed by atoms with Crippen LogP contribution in [0.4, 0.5) is 0 Å². The number of ether oxygens (including phenoxy) is 1. The van der Waals surface area contributed by atoms with Gasteiger partial charge in [0.25, 0.3) is 0 Å². The number of methoxy groups -OCH3 is 1. The van der Waals surface area contributed by atoms with E-state index in [1.165, 1.54) is 7.11 Å². The van der Waals surface area contributed by atoms with Crippen LogP contribution in [0, 0.1) is 5.92 Å². The van der Waals surface area contributed by atoms with Crippen molar-refractivity contribution in [2.75, 3.05) is 7.11 Å². The first-order chi connectivity index (χ1) is 10.1. The average molecular weight is 288 g/mol. The summed E-state index contributed by atoms with van der Waals surface area (Å²) in [5.41, 5.74) is 2.78. The van der Waals surface area contributed by atoms with Crippen LogP contribution in [0.5, 0.6) is 0 Å². The highest BCUT2D eigenvalue weighted by Gasteiger charge is 2.25. The van der Waals surface area contributed by atoms with E-state index in [0.717, 1.165) is 16.7 Å². The molecule has 2 aromatic rings. The molecule has 0 radical (unpaired) electrons. The number of aliphatic hydroxyl groups is 1. The van der Waals surface area contributed by atoms with Gasteiger partial charge in [0.05, 0.1) is 19.9 Å². The normalized spacial score (nSPS) is 12.4. The van der Waals surface area contributed by atoms with Gasteiger partial charge >= 0.3 is 5.97 Å². The Morgan fingerprint density at radius 1 is 1.29 bits per heavy atom. The van der Waals surface area contributed by atoms with Crippen molar-refractivity contribution in [1.29, 1.82) is 0 Å². The van der Waals surface area contributed by atoms with E-state index in [1.54, 1.807) is 10.9 Å². The molecule has 1 N–H and O–H groups in total. The Bertz CT molecular complexity index is 602. The van der Waals surface area contributed by atoms with Crippen molar-refractivity contribution in [3.63, 3.8) is 0 Å². The lowest BCUT2D eigenvalue weighted by Crippen LogP contribution is -2.26. The van der Waals surface area contributed by atoms with Gasteiger partial charge < -0.3 is 9.84 Å². The molecule has 112 valence electrons. The number of aromatic nitrogens is 2. The largest absolute Gasteiger partial charge is 0.467 e. The number of nitrogens with zero attached hydrogens (tertiary/aromatic N) is 2. The zero-order chi connectivity index (χ0) is 15.4. The number of hydrogen-bond acceptors (Lipinski definition) is 4. The Labute approximate surface area is 124 Å². The molecule has 1 aromatic carbocycles. The molecule has 1 aromatic heterocycles. The van der Waals surface area contributed by atoms with E-state index in [1.807, 2.05) is 44.3 Å². The van der Waals surface area contributed by atoms with E-state index >= 15 is 0 Å². The maximum absolute atomic E-state index is 11.9. The van der Waals surface area contributed by atoms with Crippen LogP contribution in [-0.4, -0.2) is 28.0 Å². The van der Waals surface area contributed by atoms with Gasteiger partial charge in [-0.25, -0.2) is 4.79 Å². The van der Waals surface area contributed by atoms with Crippen LogP contribution < -0.4 is 0 Å². The number of carbonyl (C=O) groups excluding carboxylic acids is 1. The molecule has 21 heavy (non-hydrogen) atoms. The maximum Gasteiger partial charge on any atom is 0.330 e. The van der Waals surface area contributed by atoms with E-state index < -0.39 is 6.04 Å². The summed E-state index contributed by atoms with van der Waals surface area (Å²) in [6.45, 7) is 3.94. The van der Waals surface area contributed by atoms with Crippen molar-refractivity contribution in [2.45, 2.75) is 26.5 Å². The van der Waals surface area contributed by atoms with Crippen LogP contribution in [-0.2, 0) is 16.1 Å². The second-order valence-corrected chi connectivity index (χ2v) is 5.28. The van der Waals surface area contributed by atoms with Gasteiger partial charge in [-0.15, -0.1) is 0 Å². The summed E-state index contributed by atoms with van der Waals surface area (Å²) in [7, 11) is 1.38. The summed E-state index contributed by atoms with van der Waals surface area (Å²) in [6.07, 6.45) is 3.57. The van der Waals surface area contributed by atoms with Gasteiger partial charge in [0.1, 0.15) is 0 Å². The highest BCUT2D eigenvalue weighted by atomic mass is 16.5. The van der Waals surface area contributed by atoms with Crippen molar-refractivity contribution in [3.05, 3.63) is 42.2 Å². The number of rotatable bonds is 5. The summed E-state index contributed by atoms with van der Waals surface area (Å²) >= 11 is 0. The standard InChI is InChI=1S/C16H20N2O3/c1-11(2)15(16(20)21-3)18-9-14(8-17-18)13-6-4-12(10-19)5-7-13/h4-9,11,15,19H,10H2,1-3H3. The molecule has 1 atom stereocenters. The van der Waals surface area contributed by atoms with Gasteiger partial charge in [-0.05, 0) is 17.0 Å². The predicted octanol–water partition coefficient (Wildman–Crippen LogP) is 2.41. The zero-order valence-corrected chi connectivity index (χ0v) is 12.5. The lowest BCUT2D eigenvalue weighted by molar-refractivity contribution is -0.146. The number of hydrogen-bond donors (Lipinski definition) is 1. The smallest absolute Gasteiger partial charge is 0.330 e. The third-order valence-electron chi connectivity index (χ3n) is 3.43. The Morgan fingerprint density at radius 3 is 2.48 bits per heavy atom. The first-order valence-corrected chi connectivity index (χ1v) is 6.89.